The lowest BCUT2D eigenvalue weighted by molar-refractivity contribution is -0.687. The number of piperazine rings is 1. The minimum absolute atomic E-state index is 0.205. The highest BCUT2D eigenvalue weighted by Gasteiger charge is 2.27. The number of hydrogen-bond acceptors (Lipinski definition) is 5. The van der Waals surface area contributed by atoms with Crippen molar-refractivity contribution in [1.82, 2.24) is 0 Å². The Morgan fingerprint density at radius 2 is 2.05 bits per heavy atom. The SMILES string of the molecule is C[C@H]1CN(c2ccc([N+](=O)[O-])cc2[N+](=O)[O-])CC[NH2+]1. The number of non-ortho nitro benzene ring substituents is 1. The van der Waals surface area contributed by atoms with Gasteiger partial charge in [0.25, 0.3) is 11.4 Å². The van der Waals surface area contributed by atoms with Crippen LogP contribution in [0.4, 0.5) is 17.1 Å². The van der Waals surface area contributed by atoms with Crippen LogP contribution in [-0.2, 0) is 0 Å². The van der Waals surface area contributed by atoms with Crippen molar-refractivity contribution < 1.29 is 15.2 Å². The summed E-state index contributed by atoms with van der Waals surface area (Å²) in [6, 6.07) is 4.15. The maximum atomic E-state index is 11.1. The number of nitrogens with two attached hydrogens (primary N) is 1. The fraction of sp³-hybridized carbons (Fsp3) is 0.455. The standard InChI is InChI=1S/C11H14N4O4/c1-8-7-13(5-4-12-8)10-3-2-9(14(16)17)6-11(10)15(18)19/h2-3,6,8,12H,4-5,7H2,1H3/p+1/t8-/m0/s1. The average Bonchev–Trinajstić information content (AvgIpc) is 2.37. The molecule has 0 spiro atoms. The molecular weight excluding hydrogens is 252 g/mol. The third kappa shape index (κ3) is 2.79. The van der Waals surface area contributed by atoms with Crippen molar-refractivity contribution in [3.63, 3.8) is 0 Å². The molecule has 8 heteroatoms. The molecule has 0 aliphatic carbocycles. The maximum Gasteiger partial charge on any atom is 0.299 e. The molecule has 0 saturated carbocycles. The number of quaternary nitrogens is 1. The van der Waals surface area contributed by atoms with Crippen LogP contribution < -0.4 is 10.2 Å². The van der Waals surface area contributed by atoms with E-state index in [1.54, 1.807) is 0 Å². The normalized spacial score (nSPS) is 19.2. The second-order valence-corrected chi connectivity index (χ2v) is 4.63. The maximum absolute atomic E-state index is 11.1. The van der Waals surface area contributed by atoms with Gasteiger partial charge in [-0.25, -0.2) is 0 Å². The van der Waals surface area contributed by atoms with Crippen LogP contribution in [0, 0.1) is 20.2 Å². The summed E-state index contributed by atoms with van der Waals surface area (Å²) in [5, 5.41) is 23.9. The van der Waals surface area contributed by atoms with E-state index in [-0.39, 0.29) is 11.4 Å². The van der Waals surface area contributed by atoms with Crippen LogP contribution >= 0.6 is 0 Å². The second-order valence-electron chi connectivity index (χ2n) is 4.63. The minimum Gasteiger partial charge on any atom is -0.354 e. The fourth-order valence-electron chi connectivity index (χ4n) is 2.29. The monoisotopic (exact) mass is 267 g/mol. The first-order valence-electron chi connectivity index (χ1n) is 6.00. The first kappa shape index (κ1) is 13.2. The summed E-state index contributed by atoms with van der Waals surface area (Å²) in [5.41, 5.74) is -0.00841. The molecule has 1 aromatic carbocycles. The zero-order chi connectivity index (χ0) is 14.0. The topological polar surface area (TPSA) is 106 Å². The lowest BCUT2D eigenvalue weighted by Crippen LogP contribution is -2.94. The molecule has 19 heavy (non-hydrogen) atoms. The Bertz CT molecular complexity index is 519. The third-order valence-corrected chi connectivity index (χ3v) is 3.18. The molecule has 1 heterocycles. The van der Waals surface area contributed by atoms with Gasteiger partial charge >= 0.3 is 0 Å². The first-order chi connectivity index (χ1) is 8.99. The molecule has 1 aromatic rings. The summed E-state index contributed by atoms with van der Waals surface area (Å²) in [6.45, 7) is 4.29. The van der Waals surface area contributed by atoms with Crippen molar-refractivity contribution in [3.05, 3.63) is 38.4 Å². The molecule has 1 aliphatic rings. The predicted molar refractivity (Wildman–Crippen MR) is 68.2 cm³/mol. The van der Waals surface area contributed by atoms with Gasteiger partial charge < -0.3 is 10.2 Å². The highest BCUT2D eigenvalue weighted by molar-refractivity contribution is 5.67. The number of benzene rings is 1. The van der Waals surface area contributed by atoms with Crippen LogP contribution in [-0.4, -0.2) is 35.5 Å². The van der Waals surface area contributed by atoms with Crippen LogP contribution in [0.5, 0.6) is 0 Å². The quantitative estimate of drug-likeness (QED) is 0.625. The van der Waals surface area contributed by atoms with Gasteiger partial charge in [0.2, 0.25) is 0 Å². The predicted octanol–water partition coefficient (Wildman–Crippen LogP) is 0.275. The number of nitrogens with zero attached hydrogens (tertiary/aromatic N) is 3. The van der Waals surface area contributed by atoms with Crippen LogP contribution in [0.1, 0.15) is 6.92 Å². The zero-order valence-corrected chi connectivity index (χ0v) is 10.5. The Morgan fingerprint density at radius 1 is 1.32 bits per heavy atom. The molecule has 1 fully saturated rings. The zero-order valence-electron chi connectivity index (χ0n) is 10.5. The van der Waals surface area contributed by atoms with Gasteiger partial charge in [-0.3, -0.25) is 20.2 Å². The van der Waals surface area contributed by atoms with Crippen molar-refractivity contribution in [2.45, 2.75) is 13.0 Å². The number of nitro benzene ring substituents is 2. The van der Waals surface area contributed by atoms with Gasteiger partial charge in [0.05, 0.1) is 35.5 Å². The lowest BCUT2D eigenvalue weighted by atomic mass is 10.1. The molecule has 2 rings (SSSR count). The number of hydrogen-bond donors (Lipinski definition) is 1. The molecule has 102 valence electrons. The Balaban J connectivity index is 2.38. The number of nitro groups is 2. The van der Waals surface area contributed by atoms with Crippen molar-refractivity contribution >= 4 is 17.1 Å². The van der Waals surface area contributed by atoms with E-state index in [0.717, 1.165) is 12.6 Å². The van der Waals surface area contributed by atoms with E-state index >= 15 is 0 Å². The highest BCUT2D eigenvalue weighted by atomic mass is 16.6. The minimum atomic E-state index is -0.622. The Hall–Kier alpha value is -2.22. The van der Waals surface area contributed by atoms with Gasteiger partial charge in [-0.05, 0) is 13.0 Å². The Morgan fingerprint density at radius 3 is 2.63 bits per heavy atom. The molecule has 8 nitrogen and oxygen atoms in total. The number of anilines is 1. The molecule has 0 amide bonds. The van der Waals surface area contributed by atoms with E-state index in [4.69, 9.17) is 0 Å². The molecule has 1 atom stereocenters. The van der Waals surface area contributed by atoms with Crippen LogP contribution in [0.25, 0.3) is 0 Å². The van der Waals surface area contributed by atoms with Crippen molar-refractivity contribution in [3.8, 4) is 0 Å². The molecule has 2 N–H and O–H groups in total. The third-order valence-electron chi connectivity index (χ3n) is 3.18. The molecule has 0 aromatic heterocycles. The second kappa shape index (κ2) is 5.19. The molecule has 1 saturated heterocycles. The van der Waals surface area contributed by atoms with Crippen molar-refractivity contribution in [2.75, 3.05) is 24.5 Å². The molecular formula is C11H15N4O4+. The van der Waals surface area contributed by atoms with Crippen molar-refractivity contribution in [1.29, 1.82) is 0 Å². The van der Waals surface area contributed by atoms with Crippen LogP contribution in [0.2, 0.25) is 0 Å². The van der Waals surface area contributed by atoms with Gasteiger partial charge in [0.15, 0.2) is 0 Å². The number of rotatable bonds is 3. The lowest BCUT2D eigenvalue weighted by Gasteiger charge is -2.30. The highest BCUT2D eigenvalue weighted by Crippen LogP contribution is 2.32. The average molecular weight is 267 g/mol. The van der Waals surface area contributed by atoms with Crippen molar-refractivity contribution in [2.24, 2.45) is 0 Å². The fourth-order valence-corrected chi connectivity index (χ4v) is 2.29. The molecule has 0 unspecified atom stereocenters. The van der Waals surface area contributed by atoms with E-state index in [1.165, 1.54) is 12.1 Å². The van der Waals surface area contributed by atoms with Gasteiger partial charge in [0.1, 0.15) is 11.7 Å². The van der Waals surface area contributed by atoms with E-state index in [1.807, 2.05) is 11.8 Å². The van der Waals surface area contributed by atoms with E-state index in [9.17, 15) is 20.2 Å². The van der Waals surface area contributed by atoms with Crippen LogP contribution in [0.3, 0.4) is 0 Å². The summed E-state index contributed by atoms with van der Waals surface area (Å²) in [7, 11) is 0. The van der Waals surface area contributed by atoms with E-state index in [0.29, 0.717) is 24.8 Å². The molecule has 0 radical (unpaired) electrons. The van der Waals surface area contributed by atoms with Gasteiger partial charge in [-0.2, -0.15) is 0 Å². The van der Waals surface area contributed by atoms with Gasteiger partial charge in [-0.1, -0.05) is 0 Å². The first-order valence-corrected chi connectivity index (χ1v) is 6.00. The summed E-state index contributed by atoms with van der Waals surface area (Å²) in [5.74, 6) is 0. The molecule has 0 bridgehead atoms. The summed E-state index contributed by atoms with van der Waals surface area (Å²) in [6.07, 6.45) is 0. The molecule has 1 aliphatic heterocycles. The Labute approximate surface area is 109 Å². The summed E-state index contributed by atoms with van der Waals surface area (Å²) < 4.78 is 0. The smallest absolute Gasteiger partial charge is 0.299 e. The summed E-state index contributed by atoms with van der Waals surface area (Å²) in [4.78, 5) is 22.5. The van der Waals surface area contributed by atoms with Gasteiger partial charge in [-0.15, -0.1) is 0 Å². The van der Waals surface area contributed by atoms with E-state index < -0.39 is 9.85 Å². The van der Waals surface area contributed by atoms with E-state index in [2.05, 4.69) is 5.32 Å². The largest absolute Gasteiger partial charge is 0.354 e. The van der Waals surface area contributed by atoms with Gasteiger partial charge in [0, 0.05) is 6.07 Å². The van der Waals surface area contributed by atoms with Crippen LogP contribution in [0.15, 0.2) is 18.2 Å². The Kier molecular flexibility index (Phi) is 3.61. The summed E-state index contributed by atoms with van der Waals surface area (Å²) >= 11 is 0.